The van der Waals surface area contributed by atoms with Crippen LogP contribution in [0.15, 0.2) is 34.9 Å². The number of carboxylic acids is 1. The summed E-state index contributed by atoms with van der Waals surface area (Å²) in [5.74, 6) is -1.74. The molecule has 178 valence electrons. The Morgan fingerprint density at radius 2 is 2.00 bits per heavy atom. The van der Waals surface area contributed by atoms with Crippen LogP contribution in [-0.2, 0) is 11.2 Å². The number of ketones is 1. The van der Waals surface area contributed by atoms with Crippen LogP contribution in [0.25, 0.3) is 0 Å². The highest BCUT2D eigenvalue weighted by atomic mass is 35.5. The minimum Gasteiger partial charge on any atom is -0.481 e. The molecule has 0 bridgehead atoms. The van der Waals surface area contributed by atoms with Gasteiger partial charge in [0, 0.05) is 24.4 Å². The average Bonchev–Trinajstić information content (AvgIpc) is 3.27. The summed E-state index contributed by atoms with van der Waals surface area (Å²) in [4.78, 5) is 28.0. The molecule has 1 aliphatic rings. The van der Waals surface area contributed by atoms with E-state index in [0.717, 1.165) is 5.56 Å². The number of aromatic nitrogens is 3. The summed E-state index contributed by atoms with van der Waals surface area (Å²) in [5.41, 5.74) is 1.93. The molecular weight excluding hydrogens is 467 g/mol. The third-order valence-electron chi connectivity index (χ3n) is 5.69. The monoisotopic (exact) mass is 488 g/mol. The van der Waals surface area contributed by atoms with Crippen LogP contribution in [0.3, 0.4) is 0 Å². The van der Waals surface area contributed by atoms with E-state index in [9.17, 15) is 14.0 Å². The molecule has 0 radical (unpaired) electrons. The number of hydrogen-bond donors (Lipinski definition) is 2. The molecule has 0 saturated heterocycles. The van der Waals surface area contributed by atoms with E-state index in [1.807, 2.05) is 6.92 Å². The molecule has 34 heavy (non-hydrogen) atoms. The Bertz CT molecular complexity index is 1210. The van der Waals surface area contributed by atoms with E-state index in [2.05, 4.69) is 20.5 Å². The molecule has 3 aromatic rings. The van der Waals surface area contributed by atoms with Crippen LogP contribution in [0, 0.1) is 18.7 Å². The summed E-state index contributed by atoms with van der Waals surface area (Å²) in [6, 6.07) is 5.73. The quantitative estimate of drug-likeness (QED) is 0.431. The van der Waals surface area contributed by atoms with E-state index >= 15 is 0 Å². The van der Waals surface area contributed by atoms with Gasteiger partial charge in [0.15, 0.2) is 0 Å². The summed E-state index contributed by atoms with van der Waals surface area (Å²) in [6.45, 7) is 1.84. The van der Waals surface area contributed by atoms with Crippen LogP contribution >= 0.6 is 11.6 Å². The summed E-state index contributed by atoms with van der Waals surface area (Å²) < 4.78 is 24.6. The van der Waals surface area contributed by atoms with Gasteiger partial charge in [-0.25, -0.2) is 9.37 Å². The Hall–Kier alpha value is -3.53. The van der Waals surface area contributed by atoms with E-state index in [1.165, 1.54) is 18.2 Å². The number of hydrogen-bond acceptors (Lipinski definition) is 8. The summed E-state index contributed by atoms with van der Waals surface area (Å²) in [5, 5.41) is 19.4. The number of carboxylic acid groups (broad SMARTS) is 1. The maximum absolute atomic E-state index is 13.3. The Morgan fingerprint density at radius 1 is 1.24 bits per heavy atom. The lowest BCUT2D eigenvalue weighted by Gasteiger charge is -2.26. The summed E-state index contributed by atoms with van der Waals surface area (Å²) >= 11 is 5.75. The van der Waals surface area contributed by atoms with Gasteiger partial charge in [0.05, 0.1) is 10.9 Å². The number of pyridine rings is 1. The molecule has 0 atom stereocenters. The number of nitrogens with one attached hydrogen (secondary N) is 1. The minimum atomic E-state index is -0.759. The zero-order valence-corrected chi connectivity index (χ0v) is 19.0. The number of carbonyl (C=O) groups is 2. The molecule has 4 rings (SSSR count). The van der Waals surface area contributed by atoms with E-state index in [-0.39, 0.29) is 41.2 Å². The highest BCUT2D eigenvalue weighted by molar-refractivity contribution is 6.31. The third-order valence-corrected chi connectivity index (χ3v) is 5.98. The largest absolute Gasteiger partial charge is 0.481 e. The number of anilines is 2. The van der Waals surface area contributed by atoms with E-state index < -0.39 is 11.8 Å². The van der Waals surface area contributed by atoms with Crippen molar-refractivity contribution < 1.29 is 28.2 Å². The number of aliphatic carboxylic acids is 1. The minimum absolute atomic E-state index is 0.00679. The molecule has 2 heterocycles. The van der Waals surface area contributed by atoms with Crippen molar-refractivity contribution in [3.63, 3.8) is 0 Å². The highest BCUT2D eigenvalue weighted by Crippen LogP contribution is 2.28. The number of benzene rings is 1. The lowest BCUT2D eigenvalue weighted by Crippen LogP contribution is -2.28. The first-order valence-corrected chi connectivity index (χ1v) is 11.1. The smallest absolute Gasteiger partial charge is 0.320 e. The zero-order valence-electron chi connectivity index (χ0n) is 18.3. The van der Waals surface area contributed by atoms with Crippen molar-refractivity contribution in [2.24, 2.45) is 5.92 Å². The van der Waals surface area contributed by atoms with Gasteiger partial charge in [-0.2, -0.15) is 0 Å². The van der Waals surface area contributed by atoms with Gasteiger partial charge in [-0.1, -0.05) is 16.7 Å². The van der Waals surface area contributed by atoms with Gasteiger partial charge in [0.25, 0.3) is 5.89 Å². The Kier molecular flexibility index (Phi) is 7.06. The van der Waals surface area contributed by atoms with Crippen molar-refractivity contribution in [2.45, 2.75) is 45.1 Å². The van der Waals surface area contributed by atoms with Gasteiger partial charge < -0.3 is 19.6 Å². The van der Waals surface area contributed by atoms with Crippen molar-refractivity contribution in [1.29, 1.82) is 0 Å². The normalized spacial score (nSPS) is 17.9. The average molecular weight is 489 g/mol. The highest BCUT2D eigenvalue weighted by Gasteiger charge is 2.27. The molecule has 1 saturated carbocycles. The maximum atomic E-state index is 13.3. The fraction of sp³-hybridized carbons (Fsp3) is 0.348. The first kappa shape index (κ1) is 23.6. The number of carbonyl (C=O) groups excluding carboxylic acids is 1. The summed E-state index contributed by atoms with van der Waals surface area (Å²) in [7, 11) is 0. The molecule has 2 N–H and O–H groups in total. The number of nitrogens with zero attached hydrogens (tertiary/aromatic N) is 3. The number of aryl methyl sites for hydroxylation is 1. The van der Waals surface area contributed by atoms with Crippen LogP contribution in [0.5, 0.6) is 5.88 Å². The molecule has 1 aromatic carbocycles. The molecule has 2 aromatic heterocycles. The van der Waals surface area contributed by atoms with Crippen LogP contribution in [-0.4, -0.2) is 38.1 Å². The predicted molar refractivity (Wildman–Crippen MR) is 120 cm³/mol. The third kappa shape index (κ3) is 5.69. The molecule has 11 heteroatoms. The fourth-order valence-corrected chi connectivity index (χ4v) is 3.92. The molecule has 1 aliphatic carbocycles. The fourth-order valence-electron chi connectivity index (χ4n) is 3.74. The first-order chi connectivity index (χ1) is 16.3. The number of rotatable bonds is 8. The van der Waals surface area contributed by atoms with Gasteiger partial charge in [-0.15, -0.1) is 5.10 Å². The lowest BCUT2D eigenvalue weighted by atomic mass is 9.87. The molecule has 0 amide bonds. The number of Topliss-reactive ketones (excluding diaryl/α,β-unsaturated/α-hetero) is 1. The van der Waals surface area contributed by atoms with Gasteiger partial charge in [-0.05, 0) is 61.9 Å². The molecule has 9 nitrogen and oxygen atoms in total. The standard InChI is InChI=1S/C23H22ClFN4O5/c1-12-8-20(33-16-5-2-13(3-6-16)22(31)32)26-11-14(12)9-19(30)21-28-29-23(34-21)27-15-4-7-18(25)17(24)10-15/h4,7-8,10-11,13,16H,2-3,5-6,9H2,1H3,(H,27,29)(H,31,32). The Morgan fingerprint density at radius 3 is 2.68 bits per heavy atom. The van der Waals surface area contributed by atoms with Crippen LogP contribution < -0.4 is 10.1 Å². The van der Waals surface area contributed by atoms with Crippen molar-refractivity contribution in [2.75, 3.05) is 5.32 Å². The lowest BCUT2D eigenvalue weighted by molar-refractivity contribution is -0.143. The SMILES string of the molecule is Cc1cc(OC2CCC(C(=O)O)CC2)ncc1CC(=O)c1nnc(Nc2ccc(F)c(Cl)c2)o1. The van der Waals surface area contributed by atoms with Crippen molar-refractivity contribution >= 4 is 35.1 Å². The van der Waals surface area contributed by atoms with Crippen molar-refractivity contribution in [3.8, 4) is 5.88 Å². The summed E-state index contributed by atoms with van der Waals surface area (Å²) in [6.07, 6.45) is 4.00. The first-order valence-electron chi connectivity index (χ1n) is 10.7. The second-order valence-electron chi connectivity index (χ2n) is 8.14. The van der Waals surface area contributed by atoms with Crippen molar-refractivity contribution in [3.05, 3.63) is 58.3 Å². The second kappa shape index (κ2) is 10.2. The Balaban J connectivity index is 1.34. The number of ether oxygens (including phenoxy) is 1. The topological polar surface area (TPSA) is 127 Å². The van der Waals surface area contributed by atoms with E-state index in [0.29, 0.717) is 42.8 Å². The molecule has 0 spiro atoms. The van der Waals surface area contributed by atoms with Gasteiger partial charge in [0.1, 0.15) is 11.9 Å². The van der Waals surface area contributed by atoms with Gasteiger partial charge in [0.2, 0.25) is 11.7 Å². The molecular formula is C23H22ClFN4O5. The molecule has 0 unspecified atom stereocenters. The zero-order chi connectivity index (χ0) is 24.2. The maximum Gasteiger partial charge on any atom is 0.320 e. The van der Waals surface area contributed by atoms with Crippen molar-refractivity contribution in [1.82, 2.24) is 15.2 Å². The molecule has 1 fully saturated rings. The molecule has 0 aliphatic heterocycles. The number of halogens is 2. The van der Waals surface area contributed by atoms with Gasteiger partial charge in [-0.3, -0.25) is 9.59 Å². The van der Waals surface area contributed by atoms with Crippen LogP contribution in [0.2, 0.25) is 5.02 Å². The van der Waals surface area contributed by atoms with E-state index in [1.54, 1.807) is 12.3 Å². The predicted octanol–water partition coefficient (Wildman–Crippen LogP) is 4.76. The van der Waals surface area contributed by atoms with E-state index in [4.69, 9.17) is 25.9 Å². The van der Waals surface area contributed by atoms with Crippen LogP contribution in [0.1, 0.15) is 47.5 Å². The van der Waals surface area contributed by atoms with Gasteiger partial charge >= 0.3 is 12.0 Å². The van der Waals surface area contributed by atoms with Crippen LogP contribution in [0.4, 0.5) is 16.1 Å². The second-order valence-corrected chi connectivity index (χ2v) is 8.55. The Labute approximate surface area is 199 Å².